The van der Waals surface area contributed by atoms with Crippen LogP contribution in [-0.2, 0) is 24.7 Å². The van der Waals surface area contributed by atoms with Crippen LogP contribution in [0.15, 0.2) is 158 Å². The average Bonchev–Trinajstić information content (AvgIpc) is 3.84. The van der Waals surface area contributed by atoms with Crippen LogP contribution in [0.25, 0.3) is 88.4 Å². The third-order valence-corrected chi connectivity index (χ3v) is 12.3. The molecule has 0 spiro atoms. The highest BCUT2D eigenvalue weighted by molar-refractivity contribution is 6.13. The van der Waals surface area contributed by atoms with Gasteiger partial charge in [-0.2, -0.15) is 63.2 Å². The molecule has 0 aliphatic carbocycles. The molecule has 70 heavy (non-hydrogen) atoms. The second-order valence-electron chi connectivity index (χ2n) is 16.4. The number of halogens is 12. The van der Waals surface area contributed by atoms with Gasteiger partial charge in [0.25, 0.3) is 0 Å². The lowest BCUT2D eigenvalue weighted by Gasteiger charge is -2.21. The van der Waals surface area contributed by atoms with E-state index in [9.17, 15) is 63.2 Å². The molecule has 0 aliphatic rings. The van der Waals surface area contributed by atoms with Crippen LogP contribution >= 0.6 is 0 Å². The summed E-state index contributed by atoms with van der Waals surface area (Å²) >= 11 is 0. The Hall–Kier alpha value is -8.50. The quantitative estimate of drug-likeness (QED) is 0.161. The molecule has 0 saturated heterocycles. The molecule has 0 aliphatic heterocycles. The van der Waals surface area contributed by atoms with Crippen molar-refractivity contribution in [1.29, 1.82) is 10.5 Å². The summed E-state index contributed by atoms with van der Waals surface area (Å²) in [4.78, 5) is 0. The van der Waals surface area contributed by atoms with Crippen molar-refractivity contribution in [3.8, 4) is 56.9 Å². The Labute approximate surface area is 387 Å². The highest BCUT2D eigenvalue weighted by Crippen LogP contribution is 2.47. The Morgan fingerprint density at radius 3 is 1.19 bits per heavy atom. The van der Waals surface area contributed by atoms with E-state index in [1.807, 2.05) is 0 Å². The van der Waals surface area contributed by atoms with Gasteiger partial charge in [-0.3, -0.25) is 0 Å². The molecule has 8 aromatic carbocycles. The minimum Gasteiger partial charge on any atom is -0.308 e. The SMILES string of the molecule is N#Cc1cccc(-c2c(-n3c4ccccc4c4ccc(-c5ccc(C(F)(F)F)cc5C(F)(F)F)cc43)cc(C#N)cc2-n2c3ccccc3c3ccc(-c4ccc(C(F)(F)F)cc4C(F)(F)F)cc32)c1. The Kier molecular flexibility index (Phi) is 10.4. The number of benzene rings is 8. The van der Waals surface area contributed by atoms with Crippen molar-refractivity contribution < 1.29 is 52.7 Å². The average molecular weight is 959 g/mol. The van der Waals surface area contributed by atoms with Gasteiger partial charge in [-0.15, -0.1) is 0 Å². The maximum absolute atomic E-state index is 14.6. The Balaban J connectivity index is 1.33. The van der Waals surface area contributed by atoms with Crippen molar-refractivity contribution >= 4 is 43.6 Å². The van der Waals surface area contributed by atoms with Gasteiger partial charge in [-0.25, -0.2) is 0 Å². The van der Waals surface area contributed by atoms with Crippen molar-refractivity contribution in [1.82, 2.24) is 9.13 Å². The molecule has 0 N–H and O–H groups in total. The first-order chi connectivity index (χ1) is 33.1. The number of aromatic nitrogens is 2. The van der Waals surface area contributed by atoms with E-state index >= 15 is 0 Å². The zero-order chi connectivity index (χ0) is 49.7. The highest BCUT2D eigenvalue weighted by Gasteiger charge is 2.40. The molecular formula is C54H26F12N4. The van der Waals surface area contributed by atoms with Crippen molar-refractivity contribution in [2.75, 3.05) is 0 Å². The number of hydrogen-bond donors (Lipinski definition) is 0. The van der Waals surface area contributed by atoms with Gasteiger partial charge in [-0.05, 0) is 101 Å². The Morgan fingerprint density at radius 1 is 0.343 bits per heavy atom. The number of fused-ring (bicyclic) bond motifs is 6. The standard InChI is InChI=1S/C54H26F12N4/c55-51(56,57)34-14-18-36(42(25-34)53(61,62)63)31-12-16-40-38-8-1-3-10-44(38)69(46(40)23-31)48-21-30(28-68)22-49(50(48)33-7-5-6-29(20-33)27-67)70-45-11-4-2-9-39(45)41-17-13-32(24-47(41)70)37-19-15-35(52(58,59)60)26-43(37)54(64,65)66/h1-26H. The highest BCUT2D eigenvalue weighted by atomic mass is 19.4. The molecule has 0 fully saturated rings. The van der Waals surface area contributed by atoms with E-state index in [1.165, 1.54) is 54.6 Å². The van der Waals surface area contributed by atoms with Crippen LogP contribution in [0.5, 0.6) is 0 Å². The molecule has 16 heteroatoms. The summed E-state index contributed by atoms with van der Waals surface area (Å²) in [5.41, 5.74) is -4.50. The van der Waals surface area contributed by atoms with Gasteiger partial charge in [0.15, 0.2) is 0 Å². The minimum atomic E-state index is -5.21. The molecule has 0 saturated carbocycles. The zero-order valence-corrected chi connectivity index (χ0v) is 35.3. The molecule has 346 valence electrons. The van der Waals surface area contributed by atoms with Gasteiger partial charge in [0.1, 0.15) is 0 Å². The van der Waals surface area contributed by atoms with E-state index in [1.54, 1.807) is 75.9 Å². The summed E-state index contributed by atoms with van der Waals surface area (Å²) in [5.74, 6) is 0. The van der Waals surface area contributed by atoms with E-state index in [-0.39, 0.29) is 56.8 Å². The van der Waals surface area contributed by atoms with Crippen LogP contribution in [0.4, 0.5) is 52.7 Å². The van der Waals surface area contributed by atoms with Crippen molar-refractivity contribution in [3.05, 3.63) is 191 Å². The largest absolute Gasteiger partial charge is 0.417 e. The predicted octanol–water partition coefficient (Wildman–Crippen LogP) is 16.7. The van der Waals surface area contributed by atoms with Gasteiger partial charge in [0.2, 0.25) is 0 Å². The van der Waals surface area contributed by atoms with Gasteiger partial charge in [0, 0.05) is 27.1 Å². The fourth-order valence-corrected chi connectivity index (χ4v) is 9.28. The smallest absolute Gasteiger partial charge is 0.308 e. The Morgan fingerprint density at radius 2 is 0.771 bits per heavy atom. The summed E-state index contributed by atoms with van der Waals surface area (Å²) in [6.07, 6.45) is -20.6. The molecule has 0 unspecified atom stereocenters. The molecule has 4 nitrogen and oxygen atoms in total. The Bertz CT molecular complexity index is 3660. The molecule has 0 radical (unpaired) electrons. The van der Waals surface area contributed by atoms with Crippen LogP contribution in [-0.4, -0.2) is 9.13 Å². The summed E-state index contributed by atoms with van der Waals surface area (Å²) in [6.45, 7) is 0. The maximum Gasteiger partial charge on any atom is 0.417 e. The third kappa shape index (κ3) is 7.62. The number of alkyl halides is 12. The summed E-state index contributed by atoms with van der Waals surface area (Å²) in [6, 6.07) is 38.8. The van der Waals surface area contributed by atoms with E-state index in [2.05, 4.69) is 12.1 Å². The maximum atomic E-state index is 14.6. The minimum absolute atomic E-state index is 0.0264. The summed E-state index contributed by atoms with van der Waals surface area (Å²) < 4.78 is 174. The number of nitrogens with zero attached hydrogens (tertiary/aromatic N) is 4. The monoisotopic (exact) mass is 958 g/mol. The van der Waals surface area contributed by atoms with E-state index in [0.29, 0.717) is 55.8 Å². The number of para-hydroxylation sites is 2. The van der Waals surface area contributed by atoms with Gasteiger partial charge in [-0.1, -0.05) is 84.9 Å². The lowest BCUT2D eigenvalue weighted by Crippen LogP contribution is -2.12. The van der Waals surface area contributed by atoms with Crippen LogP contribution in [0.1, 0.15) is 33.4 Å². The third-order valence-electron chi connectivity index (χ3n) is 12.3. The van der Waals surface area contributed by atoms with Crippen molar-refractivity contribution in [3.63, 3.8) is 0 Å². The molecule has 0 bridgehead atoms. The van der Waals surface area contributed by atoms with Crippen LogP contribution in [0.3, 0.4) is 0 Å². The molecule has 2 aromatic heterocycles. The van der Waals surface area contributed by atoms with E-state index < -0.39 is 58.1 Å². The molecule has 0 amide bonds. The molecule has 10 rings (SSSR count). The van der Waals surface area contributed by atoms with Gasteiger partial charge < -0.3 is 9.13 Å². The van der Waals surface area contributed by atoms with Crippen LogP contribution in [0.2, 0.25) is 0 Å². The lowest BCUT2D eigenvalue weighted by molar-refractivity contribution is -0.144. The molecule has 0 atom stereocenters. The fraction of sp³-hybridized carbons (Fsp3) is 0.0741. The summed E-state index contributed by atoms with van der Waals surface area (Å²) in [5, 5.41) is 23.1. The predicted molar refractivity (Wildman–Crippen MR) is 241 cm³/mol. The number of nitriles is 2. The fourth-order valence-electron chi connectivity index (χ4n) is 9.28. The van der Waals surface area contributed by atoms with Crippen molar-refractivity contribution in [2.24, 2.45) is 0 Å². The second kappa shape index (κ2) is 16.1. The van der Waals surface area contributed by atoms with Crippen LogP contribution in [0, 0.1) is 22.7 Å². The number of rotatable bonds is 5. The van der Waals surface area contributed by atoms with Crippen LogP contribution < -0.4 is 0 Å². The first-order valence-corrected chi connectivity index (χ1v) is 20.9. The lowest BCUT2D eigenvalue weighted by atomic mass is 9.95. The topological polar surface area (TPSA) is 57.4 Å². The summed E-state index contributed by atoms with van der Waals surface area (Å²) in [7, 11) is 0. The second-order valence-corrected chi connectivity index (χ2v) is 16.4. The molecule has 2 heterocycles. The van der Waals surface area contributed by atoms with E-state index in [0.717, 1.165) is 12.1 Å². The molecular weight excluding hydrogens is 933 g/mol. The zero-order valence-electron chi connectivity index (χ0n) is 35.3. The van der Waals surface area contributed by atoms with Crippen molar-refractivity contribution in [2.45, 2.75) is 24.7 Å². The normalized spacial score (nSPS) is 12.5. The van der Waals surface area contributed by atoms with E-state index in [4.69, 9.17) is 0 Å². The van der Waals surface area contributed by atoms with Gasteiger partial charge in [0.05, 0.1) is 79.0 Å². The van der Waals surface area contributed by atoms with Gasteiger partial charge >= 0.3 is 24.7 Å². The first-order valence-electron chi connectivity index (χ1n) is 20.9. The number of hydrogen-bond acceptors (Lipinski definition) is 2. The molecule has 10 aromatic rings. The first kappa shape index (κ1) is 45.3.